The number of rotatable bonds is 4. The standard InChI is InChI=1S/C15H19BrN4O/c1-10-4-5-11(12(16)8-10)15-18-14(19-21-15)13(17)9-20-6-2-3-7-20/h4-5,8,13H,2-3,6-7,9,17H2,1H3. The Labute approximate surface area is 132 Å². The van der Waals surface area contributed by atoms with Gasteiger partial charge in [0.2, 0.25) is 0 Å². The maximum Gasteiger partial charge on any atom is 0.259 e. The molecule has 112 valence electrons. The van der Waals surface area contributed by atoms with Gasteiger partial charge in [0.15, 0.2) is 5.82 Å². The molecule has 1 saturated heterocycles. The highest BCUT2D eigenvalue weighted by Gasteiger charge is 2.21. The molecule has 6 heteroatoms. The molecule has 21 heavy (non-hydrogen) atoms. The van der Waals surface area contributed by atoms with Crippen LogP contribution in [0.3, 0.4) is 0 Å². The van der Waals surface area contributed by atoms with E-state index in [1.54, 1.807) is 0 Å². The van der Waals surface area contributed by atoms with Crippen LogP contribution in [0.25, 0.3) is 11.5 Å². The third kappa shape index (κ3) is 3.33. The van der Waals surface area contributed by atoms with E-state index in [2.05, 4.69) is 31.0 Å². The lowest BCUT2D eigenvalue weighted by atomic mass is 10.1. The molecule has 0 bridgehead atoms. The molecule has 1 fully saturated rings. The molecule has 5 nitrogen and oxygen atoms in total. The molecule has 1 aromatic carbocycles. The number of hydrogen-bond donors (Lipinski definition) is 1. The first kappa shape index (κ1) is 14.7. The molecular formula is C15H19BrN4O. The lowest BCUT2D eigenvalue weighted by Gasteiger charge is -2.17. The first-order valence-corrected chi connectivity index (χ1v) is 8.01. The Bertz CT molecular complexity index is 622. The third-order valence-electron chi connectivity index (χ3n) is 3.78. The monoisotopic (exact) mass is 350 g/mol. The summed E-state index contributed by atoms with van der Waals surface area (Å²) in [6.07, 6.45) is 2.50. The molecule has 1 aliphatic heterocycles. The Morgan fingerprint density at radius 1 is 1.38 bits per heavy atom. The molecule has 1 atom stereocenters. The summed E-state index contributed by atoms with van der Waals surface area (Å²) in [7, 11) is 0. The van der Waals surface area contributed by atoms with E-state index in [4.69, 9.17) is 10.3 Å². The van der Waals surface area contributed by atoms with Crippen LogP contribution < -0.4 is 5.73 Å². The van der Waals surface area contributed by atoms with Gasteiger partial charge in [0.1, 0.15) is 0 Å². The molecule has 2 N–H and O–H groups in total. The highest BCUT2D eigenvalue weighted by atomic mass is 79.9. The summed E-state index contributed by atoms with van der Waals surface area (Å²) in [6, 6.07) is 5.82. The van der Waals surface area contributed by atoms with E-state index >= 15 is 0 Å². The molecule has 1 unspecified atom stereocenters. The summed E-state index contributed by atoms with van der Waals surface area (Å²) in [6.45, 7) is 5.05. The fourth-order valence-electron chi connectivity index (χ4n) is 2.61. The van der Waals surface area contributed by atoms with Crippen molar-refractivity contribution in [2.45, 2.75) is 25.8 Å². The Morgan fingerprint density at radius 2 is 2.14 bits per heavy atom. The molecule has 0 aliphatic carbocycles. The molecule has 3 rings (SSSR count). The van der Waals surface area contributed by atoms with E-state index in [1.165, 1.54) is 18.4 Å². The topological polar surface area (TPSA) is 68.2 Å². The van der Waals surface area contributed by atoms with Gasteiger partial charge in [-0.3, -0.25) is 0 Å². The number of benzene rings is 1. The minimum atomic E-state index is -0.204. The van der Waals surface area contributed by atoms with Gasteiger partial charge in [0.05, 0.1) is 11.6 Å². The number of aryl methyl sites for hydroxylation is 1. The normalized spacial score (nSPS) is 17.3. The molecule has 0 radical (unpaired) electrons. The van der Waals surface area contributed by atoms with Crippen molar-refractivity contribution in [3.05, 3.63) is 34.1 Å². The predicted octanol–water partition coefficient (Wildman–Crippen LogP) is 2.90. The molecule has 0 saturated carbocycles. The lowest BCUT2D eigenvalue weighted by Crippen LogP contribution is -2.30. The van der Waals surface area contributed by atoms with Crippen molar-refractivity contribution in [1.29, 1.82) is 0 Å². The number of likely N-dealkylation sites (tertiary alicyclic amines) is 1. The average molecular weight is 351 g/mol. The van der Waals surface area contributed by atoms with Crippen LogP contribution in [0.15, 0.2) is 27.2 Å². The lowest BCUT2D eigenvalue weighted by molar-refractivity contribution is 0.306. The van der Waals surface area contributed by atoms with Crippen LogP contribution in [0.5, 0.6) is 0 Å². The number of nitrogens with two attached hydrogens (primary N) is 1. The molecule has 1 aromatic heterocycles. The van der Waals surface area contributed by atoms with Gasteiger partial charge in [0, 0.05) is 11.0 Å². The summed E-state index contributed by atoms with van der Waals surface area (Å²) in [4.78, 5) is 6.80. The largest absolute Gasteiger partial charge is 0.334 e. The maximum absolute atomic E-state index is 6.19. The van der Waals surface area contributed by atoms with Gasteiger partial charge in [0.25, 0.3) is 5.89 Å². The quantitative estimate of drug-likeness (QED) is 0.917. The Hall–Kier alpha value is -1.24. The van der Waals surface area contributed by atoms with Gasteiger partial charge in [-0.15, -0.1) is 0 Å². The SMILES string of the molecule is Cc1ccc(-c2nc(C(N)CN3CCCC3)no2)c(Br)c1. The van der Waals surface area contributed by atoms with Crippen molar-refractivity contribution in [2.24, 2.45) is 5.73 Å². The zero-order valence-electron chi connectivity index (χ0n) is 12.1. The third-order valence-corrected chi connectivity index (χ3v) is 4.44. The maximum atomic E-state index is 6.19. The smallest absolute Gasteiger partial charge is 0.259 e. The van der Waals surface area contributed by atoms with Crippen molar-refractivity contribution in [3.8, 4) is 11.5 Å². The van der Waals surface area contributed by atoms with Gasteiger partial charge < -0.3 is 15.2 Å². The number of nitrogens with zero attached hydrogens (tertiary/aromatic N) is 3. The number of aromatic nitrogens is 2. The van der Waals surface area contributed by atoms with Crippen molar-refractivity contribution in [1.82, 2.24) is 15.0 Å². The zero-order valence-corrected chi connectivity index (χ0v) is 13.6. The van der Waals surface area contributed by atoms with Gasteiger partial charge in [-0.1, -0.05) is 11.2 Å². The number of hydrogen-bond acceptors (Lipinski definition) is 5. The molecule has 2 aromatic rings. The highest BCUT2D eigenvalue weighted by Crippen LogP contribution is 2.28. The Morgan fingerprint density at radius 3 is 2.86 bits per heavy atom. The second-order valence-electron chi connectivity index (χ2n) is 5.56. The van der Waals surface area contributed by atoms with E-state index in [-0.39, 0.29) is 6.04 Å². The fourth-order valence-corrected chi connectivity index (χ4v) is 3.28. The van der Waals surface area contributed by atoms with Crippen molar-refractivity contribution >= 4 is 15.9 Å². The number of halogens is 1. The van der Waals surface area contributed by atoms with Crippen LogP contribution in [0.4, 0.5) is 0 Å². The first-order chi connectivity index (χ1) is 10.1. The first-order valence-electron chi connectivity index (χ1n) is 7.21. The van der Waals surface area contributed by atoms with Gasteiger partial charge >= 0.3 is 0 Å². The second-order valence-corrected chi connectivity index (χ2v) is 6.41. The highest BCUT2D eigenvalue weighted by molar-refractivity contribution is 9.10. The van der Waals surface area contributed by atoms with Crippen molar-refractivity contribution in [3.63, 3.8) is 0 Å². The van der Waals surface area contributed by atoms with E-state index in [1.807, 2.05) is 25.1 Å². The zero-order chi connectivity index (χ0) is 14.8. The van der Waals surface area contributed by atoms with Gasteiger partial charge in [-0.2, -0.15) is 4.98 Å². The summed E-state index contributed by atoms with van der Waals surface area (Å²) >= 11 is 3.53. The van der Waals surface area contributed by atoms with Crippen LogP contribution in [0.1, 0.15) is 30.3 Å². The Balaban J connectivity index is 1.76. The van der Waals surface area contributed by atoms with Crippen LogP contribution in [0, 0.1) is 6.92 Å². The molecule has 2 heterocycles. The summed E-state index contributed by atoms with van der Waals surface area (Å²) in [5.41, 5.74) is 8.26. The van der Waals surface area contributed by atoms with E-state index in [0.29, 0.717) is 11.7 Å². The van der Waals surface area contributed by atoms with Crippen molar-refractivity contribution in [2.75, 3.05) is 19.6 Å². The van der Waals surface area contributed by atoms with Crippen LogP contribution >= 0.6 is 15.9 Å². The van der Waals surface area contributed by atoms with Crippen LogP contribution in [0.2, 0.25) is 0 Å². The minimum absolute atomic E-state index is 0.204. The summed E-state index contributed by atoms with van der Waals surface area (Å²) < 4.78 is 6.32. The molecule has 0 amide bonds. The summed E-state index contributed by atoms with van der Waals surface area (Å²) in [5, 5.41) is 4.04. The van der Waals surface area contributed by atoms with Crippen LogP contribution in [-0.4, -0.2) is 34.7 Å². The van der Waals surface area contributed by atoms with Gasteiger partial charge in [-0.05, 0) is 66.5 Å². The van der Waals surface area contributed by atoms with Crippen molar-refractivity contribution < 1.29 is 4.52 Å². The summed E-state index contributed by atoms with van der Waals surface area (Å²) in [5.74, 6) is 1.08. The van der Waals surface area contributed by atoms with E-state index in [0.717, 1.165) is 29.7 Å². The van der Waals surface area contributed by atoms with E-state index < -0.39 is 0 Å². The molecular weight excluding hydrogens is 332 g/mol. The molecule has 1 aliphatic rings. The average Bonchev–Trinajstić information content (AvgIpc) is 3.09. The fraction of sp³-hybridized carbons (Fsp3) is 0.467. The molecule has 0 spiro atoms. The van der Waals surface area contributed by atoms with Gasteiger partial charge in [-0.25, -0.2) is 0 Å². The second kappa shape index (κ2) is 6.25. The van der Waals surface area contributed by atoms with Crippen LogP contribution in [-0.2, 0) is 0 Å². The van der Waals surface area contributed by atoms with E-state index in [9.17, 15) is 0 Å². The minimum Gasteiger partial charge on any atom is -0.334 e. The Kier molecular flexibility index (Phi) is 4.37. The predicted molar refractivity (Wildman–Crippen MR) is 84.8 cm³/mol.